The summed E-state index contributed by atoms with van der Waals surface area (Å²) in [7, 11) is 0. The van der Waals surface area contributed by atoms with E-state index in [4.69, 9.17) is 4.74 Å². The van der Waals surface area contributed by atoms with Gasteiger partial charge < -0.3 is 9.84 Å². The van der Waals surface area contributed by atoms with Gasteiger partial charge in [0, 0.05) is 0 Å². The van der Waals surface area contributed by atoms with Crippen molar-refractivity contribution >= 4 is 17.3 Å². The SMILES string of the molecule is C=C1c2ccc(C(=O)OCC)cc2C[C@@H](Cc2c(C)ccc(C#N)c2C)[C@H](O)[C@H]1C(C)=O. The average molecular weight is 432 g/mol. The van der Waals surface area contributed by atoms with E-state index in [0.717, 1.165) is 27.8 Å². The van der Waals surface area contributed by atoms with Crippen molar-refractivity contribution in [3.8, 4) is 6.07 Å². The number of ketones is 1. The predicted octanol–water partition coefficient (Wildman–Crippen LogP) is 4.35. The number of ether oxygens (including phenoxy) is 1. The monoisotopic (exact) mass is 431 g/mol. The molecule has 166 valence electrons. The summed E-state index contributed by atoms with van der Waals surface area (Å²) in [5.74, 6) is -1.56. The highest BCUT2D eigenvalue weighted by Gasteiger charge is 2.38. The van der Waals surface area contributed by atoms with Gasteiger partial charge >= 0.3 is 5.97 Å². The molecule has 0 unspecified atom stereocenters. The maximum atomic E-state index is 12.5. The second-order valence-electron chi connectivity index (χ2n) is 8.51. The Hall–Kier alpha value is -3.23. The van der Waals surface area contributed by atoms with E-state index in [0.29, 0.717) is 29.5 Å². The molecular weight excluding hydrogens is 402 g/mol. The fourth-order valence-electron chi connectivity index (χ4n) is 4.73. The summed E-state index contributed by atoms with van der Waals surface area (Å²) in [6.07, 6.45) is 0.0550. The quantitative estimate of drug-likeness (QED) is 0.562. The standard InChI is InChI=1S/C27H29NO4/c1-6-32-27(31)19-9-10-23-17(4)25(18(5)29)26(30)22(12-21(23)11-19)13-24-15(2)7-8-20(14-28)16(24)3/h7-11,22,25-26,30H,4,6,12-13H2,1-3,5H3/t22-,25+,26-/m0/s1. The molecule has 0 bridgehead atoms. The van der Waals surface area contributed by atoms with Crippen LogP contribution in [-0.4, -0.2) is 29.6 Å². The molecule has 0 aromatic heterocycles. The second-order valence-corrected chi connectivity index (χ2v) is 8.51. The number of nitrogens with zero attached hydrogens (tertiary/aromatic N) is 1. The van der Waals surface area contributed by atoms with Crippen LogP contribution in [0.3, 0.4) is 0 Å². The molecule has 0 spiro atoms. The summed E-state index contributed by atoms with van der Waals surface area (Å²) in [4.78, 5) is 24.8. The molecule has 1 aliphatic carbocycles. The third-order valence-corrected chi connectivity index (χ3v) is 6.50. The molecule has 0 heterocycles. The van der Waals surface area contributed by atoms with Crippen molar-refractivity contribution in [1.29, 1.82) is 5.26 Å². The number of rotatable bonds is 5. The lowest BCUT2D eigenvalue weighted by Gasteiger charge is -2.28. The first-order valence-electron chi connectivity index (χ1n) is 10.9. The van der Waals surface area contributed by atoms with Crippen molar-refractivity contribution in [2.24, 2.45) is 11.8 Å². The number of hydrogen-bond acceptors (Lipinski definition) is 5. The van der Waals surface area contributed by atoms with Gasteiger partial charge in [0.15, 0.2) is 0 Å². The van der Waals surface area contributed by atoms with Crippen LogP contribution in [-0.2, 0) is 22.4 Å². The fourth-order valence-corrected chi connectivity index (χ4v) is 4.73. The zero-order valence-electron chi connectivity index (χ0n) is 19.1. The van der Waals surface area contributed by atoms with Crippen LogP contribution in [0.4, 0.5) is 0 Å². The van der Waals surface area contributed by atoms with Crippen LogP contribution in [0, 0.1) is 37.0 Å². The van der Waals surface area contributed by atoms with Crippen molar-refractivity contribution < 1.29 is 19.4 Å². The van der Waals surface area contributed by atoms with Gasteiger partial charge in [-0.25, -0.2) is 4.79 Å². The molecule has 0 amide bonds. The van der Waals surface area contributed by atoms with Gasteiger partial charge in [0.1, 0.15) is 5.78 Å². The van der Waals surface area contributed by atoms with E-state index in [1.807, 2.05) is 19.9 Å². The van der Waals surface area contributed by atoms with E-state index in [9.17, 15) is 20.0 Å². The van der Waals surface area contributed by atoms with Crippen molar-refractivity contribution in [2.45, 2.75) is 46.6 Å². The minimum Gasteiger partial charge on any atom is -0.462 e. The van der Waals surface area contributed by atoms with Gasteiger partial charge in [0.05, 0.1) is 35.8 Å². The van der Waals surface area contributed by atoms with Crippen molar-refractivity contribution in [3.05, 3.63) is 75.9 Å². The lowest BCUT2D eigenvalue weighted by molar-refractivity contribution is -0.122. The van der Waals surface area contributed by atoms with Crippen molar-refractivity contribution in [1.82, 2.24) is 0 Å². The molecule has 3 rings (SSSR count). The average Bonchev–Trinajstić information content (AvgIpc) is 2.85. The smallest absolute Gasteiger partial charge is 0.338 e. The molecular formula is C27H29NO4. The number of aliphatic hydroxyl groups excluding tert-OH is 1. The van der Waals surface area contributed by atoms with Crippen LogP contribution in [0.15, 0.2) is 36.9 Å². The number of fused-ring (bicyclic) bond motifs is 1. The van der Waals surface area contributed by atoms with Gasteiger partial charge in [-0.05, 0) is 98.0 Å². The lowest BCUT2D eigenvalue weighted by Crippen LogP contribution is -2.35. The van der Waals surface area contributed by atoms with Crippen LogP contribution < -0.4 is 0 Å². The topological polar surface area (TPSA) is 87.4 Å². The van der Waals surface area contributed by atoms with Gasteiger partial charge in [-0.1, -0.05) is 18.7 Å². The van der Waals surface area contributed by atoms with Crippen LogP contribution in [0.2, 0.25) is 0 Å². The summed E-state index contributed by atoms with van der Waals surface area (Å²) in [5.41, 5.74) is 6.19. The van der Waals surface area contributed by atoms with Crippen LogP contribution in [0.1, 0.15) is 57.6 Å². The first-order chi connectivity index (χ1) is 15.2. The number of nitriles is 1. The maximum absolute atomic E-state index is 12.5. The van der Waals surface area contributed by atoms with Gasteiger partial charge in [-0.2, -0.15) is 5.26 Å². The van der Waals surface area contributed by atoms with E-state index >= 15 is 0 Å². The molecule has 2 aromatic carbocycles. The zero-order valence-corrected chi connectivity index (χ0v) is 19.1. The van der Waals surface area contributed by atoms with E-state index in [1.165, 1.54) is 6.92 Å². The Morgan fingerprint density at radius 1 is 1.25 bits per heavy atom. The van der Waals surface area contributed by atoms with Gasteiger partial charge in [-0.15, -0.1) is 0 Å². The number of Topliss-reactive ketones (excluding diaryl/α,β-unsaturated/α-hetero) is 1. The van der Waals surface area contributed by atoms with Crippen LogP contribution in [0.25, 0.3) is 5.57 Å². The summed E-state index contributed by atoms with van der Waals surface area (Å²) in [6.45, 7) is 11.6. The Bertz CT molecular complexity index is 1130. The second kappa shape index (κ2) is 9.50. The van der Waals surface area contributed by atoms with Crippen LogP contribution >= 0.6 is 0 Å². The molecule has 3 atom stereocenters. The molecule has 0 aliphatic heterocycles. The summed E-state index contributed by atoms with van der Waals surface area (Å²) in [5, 5.41) is 20.8. The Kier molecular flexibility index (Phi) is 6.96. The fraction of sp³-hybridized carbons (Fsp3) is 0.370. The summed E-state index contributed by atoms with van der Waals surface area (Å²) < 4.78 is 5.14. The number of aryl methyl sites for hydroxylation is 1. The first kappa shape index (κ1) is 23.4. The first-order valence-corrected chi connectivity index (χ1v) is 10.9. The predicted molar refractivity (Wildman–Crippen MR) is 123 cm³/mol. The molecule has 1 aliphatic rings. The van der Waals surface area contributed by atoms with Crippen molar-refractivity contribution in [2.75, 3.05) is 6.61 Å². The van der Waals surface area contributed by atoms with Crippen LogP contribution in [0.5, 0.6) is 0 Å². The molecule has 0 radical (unpaired) electrons. The highest BCUT2D eigenvalue weighted by Crippen LogP contribution is 2.39. The Morgan fingerprint density at radius 3 is 2.59 bits per heavy atom. The summed E-state index contributed by atoms with van der Waals surface area (Å²) >= 11 is 0. The molecule has 5 heteroatoms. The third kappa shape index (κ3) is 4.37. The molecule has 5 nitrogen and oxygen atoms in total. The van der Waals surface area contributed by atoms with E-state index < -0.39 is 18.0 Å². The summed E-state index contributed by atoms with van der Waals surface area (Å²) in [6, 6.07) is 11.2. The number of carbonyl (C=O) groups is 2. The molecule has 0 saturated heterocycles. The Labute approximate surface area is 189 Å². The maximum Gasteiger partial charge on any atom is 0.338 e. The van der Waals surface area contributed by atoms with Gasteiger partial charge in [0.25, 0.3) is 0 Å². The third-order valence-electron chi connectivity index (χ3n) is 6.50. The molecule has 2 aromatic rings. The Morgan fingerprint density at radius 2 is 1.97 bits per heavy atom. The molecule has 1 N–H and O–H groups in total. The Balaban J connectivity index is 2.09. The number of hydrogen-bond donors (Lipinski definition) is 1. The lowest BCUT2D eigenvalue weighted by atomic mass is 9.80. The van der Waals surface area contributed by atoms with Gasteiger partial charge in [-0.3, -0.25) is 4.79 Å². The minimum absolute atomic E-state index is 0.144. The molecule has 0 fully saturated rings. The number of esters is 1. The minimum atomic E-state index is -0.928. The van der Waals surface area contributed by atoms with E-state index in [-0.39, 0.29) is 18.3 Å². The zero-order chi connectivity index (χ0) is 23.6. The van der Waals surface area contributed by atoms with E-state index in [1.54, 1.807) is 31.2 Å². The highest BCUT2D eigenvalue weighted by atomic mass is 16.5. The largest absolute Gasteiger partial charge is 0.462 e. The number of benzene rings is 2. The number of aliphatic hydroxyl groups is 1. The van der Waals surface area contributed by atoms with E-state index in [2.05, 4.69) is 12.6 Å². The molecule has 0 saturated carbocycles. The number of carbonyl (C=O) groups excluding carboxylic acids is 2. The highest BCUT2D eigenvalue weighted by molar-refractivity contribution is 5.94. The normalized spacial score (nSPS) is 20.1. The molecule has 32 heavy (non-hydrogen) atoms. The van der Waals surface area contributed by atoms with Gasteiger partial charge in [0.2, 0.25) is 0 Å². The van der Waals surface area contributed by atoms with Crippen molar-refractivity contribution in [3.63, 3.8) is 0 Å².